The van der Waals surface area contributed by atoms with Gasteiger partial charge in [-0.1, -0.05) is 36.7 Å². The number of aromatic nitrogens is 1. The first-order chi connectivity index (χ1) is 8.13. The highest BCUT2D eigenvalue weighted by molar-refractivity contribution is 7.17. The van der Waals surface area contributed by atoms with Gasteiger partial charge in [-0.2, -0.15) is 0 Å². The minimum atomic E-state index is 0.0673. The van der Waals surface area contributed by atoms with Gasteiger partial charge in [0.15, 0.2) is 5.78 Å². The highest BCUT2D eigenvalue weighted by atomic mass is 35.5. The zero-order valence-corrected chi connectivity index (χ0v) is 11.2. The summed E-state index contributed by atoms with van der Waals surface area (Å²) in [6.07, 6.45) is 0.760. The third kappa shape index (κ3) is 2.40. The van der Waals surface area contributed by atoms with Crippen LogP contribution < -0.4 is 0 Å². The molecule has 0 atom stereocenters. The molecule has 4 heteroatoms. The first-order valence-corrected chi connectivity index (χ1v) is 6.58. The minimum absolute atomic E-state index is 0.0673. The van der Waals surface area contributed by atoms with Crippen LogP contribution in [0.4, 0.5) is 0 Å². The standard InChI is InChI=1S/C13H12ClNOS/c1-3-11-12(8(2)16)17-13(15-11)9-6-4-5-7-10(9)14/h4-7H,3H2,1-2H3. The summed E-state index contributed by atoms with van der Waals surface area (Å²) in [6, 6.07) is 7.55. The van der Waals surface area contributed by atoms with Gasteiger partial charge in [0.1, 0.15) is 5.01 Å². The van der Waals surface area contributed by atoms with E-state index < -0.39 is 0 Å². The number of Topliss-reactive ketones (excluding diaryl/α,β-unsaturated/α-hetero) is 1. The molecule has 0 radical (unpaired) electrons. The molecular formula is C13H12ClNOS. The van der Waals surface area contributed by atoms with Crippen LogP contribution >= 0.6 is 22.9 Å². The van der Waals surface area contributed by atoms with Crippen molar-refractivity contribution in [2.75, 3.05) is 0 Å². The van der Waals surface area contributed by atoms with Crippen LogP contribution in [0.5, 0.6) is 0 Å². The van der Waals surface area contributed by atoms with E-state index in [0.717, 1.165) is 27.6 Å². The molecule has 0 saturated carbocycles. The summed E-state index contributed by atoms with van der Waals surface area (Å²) in [7, 11) is 0. The van der Waals surface area contributed by atoms with Crippen LogP contribution in [0, 0.1) is 0 Å². The van der Waals surface area contributed by atoms with E-state index in [1.54, 1.807) is 6.92 Å². The Labute approximate surface area is 109 Å². The Morgan fingerprint density at radius 1 is 1.41 bits per heavy atom. The number of carbonyl (C=O) groups excluding carboxylic acids is 1. The second-order valence-corrected chi connectivity index (χ2v) is 5.09. The number of nitrogens with zero attached hydrogens (tertiary/aromatic N) is 1. The molecule has 0 amide bonds. The molecule has 0 unspecified atom stereocenters. The lowest BCUT2D eigenvalue weighted by atomic mass is 10.2. The second kappa shape index (κ2) is 4.98. The van der Waals surface area contributed by atoms with Crippen molar-refractivity contribution in [1.29, 1.82) is 0 Å². The summed E-state index contributed by atoms with van der Waals surface area (Å²) in [6.45, 7) is 3.57. The maximum atomic E-state index is 11.5. The Hall–Kier alpha value is -1.19. The van der Waals surface area contributed by atoms with Crippen molar-refractivity contribution in [2.45, 2.75) is 20.3 Å². The van der Waals surface area contributed by atoms with Crippen molar-refractivity contribution < 1.29 is 4.79 Å². The third-order valence-electron chi connectivity index (χ3n) is 2.46. The van der Waals surface area contributed by atoms with Crippen LogP contribution in [0.1, 0.15) is 29.2 Å². The SMILES string of the molecule is CCc1nc(-c2ccccc2Cl)sc1C(C)=O. The van der Waals surface area contributed by atoms with Gasteiger partial charge in [-0.15, -0.1) is 11.3 Å². The molecule has 0 N–H and O–H groups in total. The van der Waals surface area contributed by atoms with Gasteiger partial charge < -0.3 is 0 Å². The number of benzene rings is 1. The van der Waals surface area contributed by atoms with E-state index in [2.05, 4.69) is 4.98 Å². The van der Waals surface area contributed by atoms with Crippen molar-refractivity contribution in [3.8, 4) is 10.6 Å². The molecule has 0 aliphatic rings. The molecule has 0 fully saturated rings. The van der Waals surface area contributed by atoms with Crippen molar-refractivity contribution >= 4 is 28.7 Å². The van der Waals surface area contributed by atoms with E-state index in [1.165, 1.54) is 11.3 Å². The topological polar surface area (TPSA) is 30.0 Å². The first kappa shape index (κ1) is 12.3. The predicted octanol–water partition coefficient (Wildman–Crippen LogP) is 4.23. The van der Waals surface area contributed by atoms with E-state index in [1.807, 2.05) is 31.2 Å². The molecule has 0 spiro atoms. The van der Waals surface area contributed by atoms with Crippen molar-refractivity contribution in [3.05, 3.63) is 39.9 Å². The molecule has 2 nitrogen and oxygen atoms in total. The molecule has 17 heavy (non-hydrogen) atoms. The fourth-order valence-electron chi connectivity index (χ4n) is 1.62. The van der Waals surface area contributed by atoms with E-state index in [-0.39, 0.29) is 5.78 Å². The molecule has 1 aromatic heterocycles. The number of carbonyl (C=O) groups is 1. The van der Waals surface area contributed by atoms with Gasteiger partial charge in [-0.25, -0.2) is 4.98 Å². The van der Waals surface area contributed by atoms with Gasteiger partial charge in [0.25, 0.3) is 0 Å². The predicted molar refractivity (Wildman–Crippen MR) is 71.9 cm³/mol. The zero-order chi connectivity index (χ0) is 12.4. The monoisotopic (exact) mass is 265 g/mol. The molecule has 0 aliphatic heterocycles. The van der Waals surface area contributed by atoms with Gasteiger partial charge in [0, 0.05) is 12.5 Å². The molecular weight excluding hydrogens is 254 g/mol. The van der Waals surface area contributed by atoms with E-state index >= 15 is 0 Å². The Morgan fingerprint density at radius 3 is 2.65 bits per heavy atom. The average Bonchev–Trinajstić information content (AvgIpc) is 2.73. The lowest BCUT2D eigenvalue weighted by Gasteiger charge is -1.97. The average molecular weight is 266 g/mol. The fraction of sp³-hybridized carbons (Fsp3) is 0.231. The maximum absolute atomic E-state index is 11.5. The summed E-state index contributed by atoms with van der Waals surface area (Å²) in [5, 5.41) is 1.48. The smallest absolute Gasteiger partial charge is 0.171 e. The van der Waals surface area contributed by atoms with Crippen molar-refractivity contribution in [1.82, 2.24) is 4.98 Å². The first-order valence-electron chi connectivity index (χ1n) is 5.39. The molecule has 0 aliphatic carbocycles. The number of ketones is 1. The largest absolute Gasteiger partial charge is 0.294 e. The normalized spacial score (nSPS) is 10.5. The van der Waals surface area contributed by atoms with Crippen LogP contribution in [0.2, 0.25) is 5.02 Å². The molecule has 2 rings (SSSR count). The summed E-state index contributed by atoms with van der Waals surface area (Å²) in [5.41, 5.74) is 1.75. The van der Waals surface area contributed by atoms with Crippen LogP contribution in [-0.4, -0.2) is 10.8 Å². The van der Waals surface area contributed by atoms with Gasteiger partial charge >= 0.3 is 0 Å². The molecule has 1 aromatic carbocycles. The lowest BCUT2D eigenvalue weighted by molar-refractivity contribution is 0.102. The number of thiazole rings is 1. The van der Waals surface area contributed by atoms with E-state index in [9.17, 15) is 4.79 Å². The summed E-state index contributed by atoms with van der Waals surface area (Å²) in [5.74, 6) is 0.0673. The van der Waals surface area contributed by atoms with Gasteiger partial charge in [-0.3, -0.25) is 4.79 Å². The Bertz CT molecular complexity index is 562. The van der Waals surface area contributed by atoms with Gasteiger partial charge in [-0.05, 0) is 12.5 Å². The second-order valence-electron chi connectivity index (χ2n) is 3.68. The fourth-order valence-corrected chi connectivity index (χ4v) is 2.99. The van der Waals surface area contributed by atoms with Crippen molar-refractivity contribution in [2.24, 2.45) is 0 Å². The van der Waals surface area contributed by atoms with Crippen molar-refractivity contribution in [3.63, 3.8) is 0 Å². The van der Waals surface area contributed by atoms with E-state index in [4.69, 9.17) is 11.6 Å². The number of hydrogen-bond acceptors (Lipinski definition) is 3. The number of halogens is 1. The molecule has 88 valence electrons. The maximum Gasteiger partial charge on any atom is 0.171 e. The molecule has 0 saturated heterocycles. The summed E-state index contributed by atoms with van der Waals surface area (Å²) >= 11 is 7.54. The van der Waals surface area contributed by atoms with Gasteiger partial charge in [0.2, 0.25) is 0 Å². The summed E-state index contributed by atoms with van der Waals surface area (Å²) in [4.78, 5) is 16.7. The quantitative estimate of drug-likeness (QED) is 0.778. The zero-order valence-electron chi connectivity index (χ0n) is 9.66. The highest BCUT2D eigenvalue weighted by Gasteiger charge is 2.15. The summed E-state index contributed by atoms with van der Waals surface area (Å²) < 4.78 is 0. The van der Waals surface area contributed by atoms with Crippen LogP contribution in [0.3, 0.4) is 0 Å². The number of rotatable bonds is 3. The number of hydrogen-bond donors (Lipinski definition) is 0. The lowest BCUT2D eigenvalue weighted by Crippen LogP contribution is -1.93. The molecule has 0 bridgehead atoms. The highest BCUT2D eigenvalue weighted by Crippen LogP contribution is 2.33. The van der Waals surface area contributed by atoms with Crippen LogP contribution in [0.15, 0.2) is 24.3 Å². The molecule has 2 aromatic rings. The Kier molecular flexibility index (Phi) is 3.60. The number of aryl methyl sites for hydroxylation is 1. The molecule has 1 heterocycles. The van der Waals surface area contributed by atoms with E-state index in [0.29, 0.717) is 5.02 Å². The van der Waals surface area contributed by atoms with Gasteiger partial charge in [0.05, 0.1) is 15.6 Å². The van der Waals surface area contributed by atoms with Crippen LogP contribution in [-0.2, 0) is 6.42 Å². The van der Waals surface area contributed by atoms with Crippen LogP contribution in [0.25, 0.3) is 10.6 Å². The minimum Gasteiger partial charge on any atom is -0.294 e. The Morgan fingerprint density at radius 2 is 2.12 bits per heavy atom. The third-order valence-corrected chi connectivity index (χ3v) is 4.02. The Balaban J connectivity index is 2.54.